The topological polar surface area (TPSA) is 63.0 Å². The number of carbonyl (C=O) groups is 1. The van der Waals surface area contributed by atoms with Crippen molar-refractivity contribution in [2.24, 2.45) is 0 Å². The molecule has 29 heavy (non-hydrogen) atoms. The Kier molecular flexibility index (Phi) is 6.11. The van der Waals surface area contributed by atoms with Crippen molar-refractivity contribution < 1.29 is 13.9 Å². The van der Waals surface area contributed by atoms with E-state index < -0.39 is 0 Å². The summed E-state index contributed by atoms with van der Waals surface area (Å²) in [5.74, 6) is 0.866. The van der Waals surface area contributed by atoms with Gasteiger partial charge in [-0.15, -0.1) is 0 Å². The first-order valence-corrected chi connectivity index (χ1v) is 10.9. The molecule has 1 amide bonds. The number of aryl methyl sites for hydroxylation is 1. The first kappa shape index (κ1) is 20.2. The van der Waals surface area contributed by atoms with Gasteiger partial charge in [0.15, 0.2) is 0 Å². The molecule has 0 radical (unpaired) electrons. The Morgan fingerprint density at radius 2 is 2.03 bits per heavy atom. The smallest absolute Gasteiger partial charge is 0.336 e. The SMILES string of the molecule is CCCCc1cc(=O)oc2c3c(c(Cl)cc12)OCN(CCCN1CCCC1=O)C3. The molecule has 0 N–H and O–H groups in total. The number of unbranched alkanes of at least 4 members (excludes halogenated alkanes) is 1. The quantitative estimate of drug-likeness (QED) is 0.637. The molecule has 2 aliphatic rings. The van der Waals surface area contributed by atoms with Crippen LogP contribution in [0.1, 0.15) is 50.2 Å². The summed E-state index contributed by atoms with van der Waals surface area (Å²) in [5.41, 5.74) is 2.07. The zero-order chi connectivity index (χ0) is 20.4. The third-order valence-electron chi connectivity index (χ3n) is 5.77. The molecule has 3 heterocycles. The monoisotopic (exact) mass is 418 g/mol. The van der Waals surface area contributed by atoms with Gasteiger partial charge in [0, 0.05) is 44.1 Å². The van der Waals surface area contributed by atoms with Gasteiger partial charge in [-0.2, -0.15) is 0 Å². The molecule has 1 fully saturated rings. The van der Waals surface area contributed by atoms with Crippen LogP contribution < -0.4 is 10.4 Å². The number of halogens is 1. The number of benzene rings is 1. The molecule has 156 valence electrons. The lowest BCUT2D eigenvalue weighted by molar-refractivity contribution is -0.127. The van der Waals surface area contributed by atoms with E-state index in [1.165, 1.54) is 0 Å². The van der Waals surface area contributed by atoms with Crippen LogP contribution in [0.15, 0.2) is 21.3 Å². The van der Waals surface area contributed by atoms with Crippen molar-refractivity contribution in [3.63, 3.8) is 0 Å². The van der Waals surface area contributed by atoms with Gasteiger partial charge in [-0.05, 0) is 37.3 Å². The van der Waals surface area contributed by atoms with Gasteiger partial charge in [-0.3, -0.25) is 9.69 Å². The number of carbonyl (C=O) groups excluding carboxylic acids is 1. The first-order valence-electron chi connectivity index (χ1n) is 10.5. The van der Waals surface area contributed by atoms with E-state index >= 15 is 0 Å². The summed E-state index contributed by atoms with van der Waals surface area (Å²) in [5, 5.41) is 1.45. The molecule has 0 saturated carbocycles. The molecule has 7 heteroatoms. The Labute approximate surface area is 175 Å². The van der Waals surface area contributed by atoms with Crippen LogP contribution in [0.3, 0.4) is 0 Å². The van der Waals surface area contributed by atoms with E-state index in [0.717, 1.165) is 68.3 Å². The van der Waals surface area contributed by atoms with E-state index in [2.05, 4.69) is 11.8 Å². The molecule has 1 saturated heterocycles. The molecule has 6 nitrogen and oxygen atoms in total. The Hall–Kier alpha value is -2.05. The molecule has 0 unspecified atom stereocenters. The second-order valence-electron chi connectivity index (χ2n) is 7.90. The zero-order valence-corrected chi connectivity index (χ0v) is 17.6. The highest BCUT2D eigenvalue weighted by Gasteiger charge is 2.26. The molecule has 0 aliphatic carbocycles. The maximum atomic E-state index is 12.2. The van der Waals surface area contributed by atoms with Crippen molar-refractivity contribution in [3.8, 4) is 5.75 Å². The molecule has 0 bridgehead atoms. The van der Waals surface area contributed by atoms with Crippen LogP contribution in [-0.2, 0) is 17.8 Å². The summed E-state index contributed by atoms with van der Waals surface area (Å²) in [7, 11) is 0. The molecule has 4 rings (SSSR count). The van der Waals surface area contributed by atoms with E-state index in [0.29, 0.717) is 36.1 Å². The lowest BCUT2D eigenvalue weighted by Crippen LogP contribution is -2.35. The highest BCUT2D eigenvalue weighted by atomic mass is 35.5. The molecular formula is C22H27ClN2O4. The number of hydrogen-bond acceptors (Lipinski definition) is 5. The highest BCUT2D eigenvalue weighted by Crippen LogP contribution is 2.39. The van der Waals surface area contributed by atoms with Gasteiger partial charge in [0.1, 0.15) is 18.1 Å². The first-order chi connectivity index (χ1) is 14.1. The summed E-state index contributed by atoms with van der Waals surface area (Å²) in [6, 6.07) is 3.44. The molecule has 2 aliphatic heterocycles. The van der Waals surface area contributed by atoms with Crippen molar-refractivity contribution in [2.75, 3.05) is 26.4 Å². The van der Waals surface area contributed by atoms with Gasteiger partial charge in [0.05, 0.1) is 10.6 Å². The van der Waals surface area contributed by atoms with E-state index in [-0.39, 0.29) is 11.5 Å². The number of hydrogen-bond donors (Lipinski definition) is 0. The predicted molar refractivity (Wildman–Crippen MR) is 112 cm³/mol. The van der Waals surface area contributed by atoms with Crippen LogP contribution in [0.25, 0.3) is 11.0 Å². The largest absolute Gasteiger partial charge is 0.476 e. The summed E-state index contributed by atoms with van der Waals surface area (Å²) in [4.78, 5) is 28.1. The lowest BCUT2D eigenvalue weighted by Gasteiger charge is -2.30. The Morgan fingerprint density at radius 1 is 1.17 bits per heavy atom. The van der Waals surface area contributed by atoms with Crippen LogP contribution in [0.2, 0.25) is 5.02 Å². The maximum Gasteiger partial charge on any atom is 0.336 e. The Bertz CT molecular complexity index is 971. The van der Waals surface area contributed by atoms with Crippen molar-refractivity contribution in [1.82, 2.24) is 9.80 Å². The minimum absolute atomic E-state index is 0.254. The fourth-order valence-electron chi connectivity index (χ4n) is 4.24. The maximum absolute atomic E-state index is 12.2. The molecule has 0 atom stereocenters. The molecule has 1 aromatic carbocycles. The van der Waals surface area contributed by atoms with Gasteiger partial charge in [0.2, 0.25) is 5.91 Å². The predicted octanol–water partition coefficient (Wildman–Crippen LogP) is 3.95. The second kappa shape index (κ2) is 8.76. The summed E-state index contributed by atoms with van der Waals surface area (Å²) in [6.45, 7) is 5.62. The number of ether oxygens (including phenoxy) is 1. The lowest BCUT2D eigenvalue weighted by atomic mass is 10.0. The van der Waals surface area contributed by atoms with Crippen molar-refractivity contribution in [3.05, 3.63) is 38.7 Å². The van der Waals surface area contributed by atoms with E-state index in [4.69, 9.17) is 20.8 Å². The number of rotatable bonds is 7. The van der Waals surface area contributed by atoms with Crippen LogP contribution >= 0.6 is 11.6 Å². The minimum Gasteiger partial charge on any atom is -0.476 e. The number of fused-ring (bicyclic) bond motifs is 3. The third kappa shape index (κ3) is 4.28. The Morgan fingerprint density at radius 3 is 2.79 bits per heavy atom. The van der Waals surface area contributed by atoms with E-state index in [1.54, 1.807) is 6.07 Å². The van der Waals surface area contributed by atoms with Gasteiger partial charge in [-0.1, -0.05) is 24.9 Å². The average molecular weight is 419 g/mol. The molecule has 2 aromatic rings. The second-order valence-corrected chi connectivity index (χ2v) is 8.31. The normalized spacial score (nSPS) is 17.0. The van der Waals surface area contributed by atoms with Crippen molar-refractivity contribution >= 4 is 28.5 Å². The number of nitrogens with zero attached hydrogens (tertiary/aromatic N) is 2. The highest BCUT2D eigenvalue weighted by molar-refractivity contribution is 6.33. The number of likely N-dealkylation sites (tertiary alicyclic amines) is 1. The van der Waals surface area contributed by atoms with Gasteiger partial charge in [-0.25, -0.2) is 4.79 Å². The Balaban J connectivity index is 1.55. The standard InChI is InChI=1S/C22H27ClN2O4/c1-2-3-6-15-11-20(27)29-21-16(15)12-18(23)22-17(21)13-24(14-28-22)8-5-10-25-9-4-7-19(25)26/h11-12H,2-10,13-14H2,1H3. The van der Waals surface area contributed by atoms with Gasteiger partial charge in [0.25, 0.3) is 0 Å². The summed E-state index contributed by atoms with van der Waals surface area (Å²) < 4.78 is 11.5. The van der Waals surface area contributed by atoms with Gasteiger partial charge < -0.3 is 14.1 Å². The van der Waals surface area contributed by atoms with Gasteiger partial charge >= 0.3 is 5.63 Å². The van der Waals surface area contributed by atoms with E-state index in [1.807, 2.05) is 11.0 Å². The van der Waals surface area contributed by atoms with E-state index in [9.17, 15) is 9.59 Å². The van der Waals surface area contributed by atoms with Crippen molar-refractivity contribution in [2.45, 2.75) is 52.0 Å². The summed E-state index contributed by atoms with van der Waals surface area (Å²) in [6.07, 6.45) is 5.39. The molecular weight excluding hydrogens is 392 g/mol. The third-order valence-corrected chi connectivity index (χ3v) is 6.05. The van der Waals surface area contributed by atoms with Crippen molar-refractivity contribution in [1.29, 1.82) is 0 Å². The van der Waals surface area contributed by atoms with Crippen LogP contribution in [0.4, 0.5) is 0 Å². The fraction of sp³-hybridized carbons (Fsp3) is 0.545. The fourth-order valence-corrected chi connectivity index (χ4v) is 4.52. The van der Waals surface area contributed by atoms with Crippen LogP contribution in [0, 0.1) is 0 Å². The molecule has 1 aromatic heterocycles. The minimum atomic E-state index is -0.335. The summed E-state index contributed by atoms with van der Waals surface area (Å²) >= 11 is 6.51. The average Bonchev–Trinajstić information content (AvgIpc) is 3.12. The van der Waals surface area contributed by atoms with Crippen LogP contribution in [-0.4, -0.2) is 42.1 Å². The molecule has 0 spiro atoms. The van der Waals surface area contributed by atoms with Crippen LogP contribution in [0.5, 0.6) is 5.75 Å². The number of amides is 1. The zero-order valence-electron chi connectivity index (χ0n) is 16.8.